The van der Waals surface area contributed by atoms with Gasteiger partial charge in [-0.2, -0.15) is 5.26 Å². The minimum absolute atomic E-state index is 0. The number of nitrogens with zero attached hydrogens (tertiary/aromatic N) is 2. The SMILES string of the molecule is CCN(CC)CCOc1c(C#N)cccc1Oc1ccc(C)cc1.Cl. The van der Waals surface area contributed by atoms with Crippen molar-refractivity contribution in [1.82, 2.24) is 4.90 Å². The lowest BCUT2D eigenvalue weighted by molar-refractivity contribution is 0.218. The Balaban J connectivity index is 0.00000312. The number of hydrogen-bond acceptors (Lipinski definition) is 4. The van der Waals surface area contributed by atoms with E-state index in [0.29, 0.717) is 23.7 Å². The molecule has 25 heavy (non-hydrogen) atoms. The van der Waals surface area contributed by atoms with Crippen LogP contribution in [0, 0.1) is 18.3 Å². The summed E-state index contributed by atoms with van der Waals surface area (Å²) in [4.78, 5) is 2.27. The lowest BCUT2D eigenvalue weighted by Crippen LogP contribution is -2.28. The molecule has 2 aromatic rings. The highest BCUT2D eigenvalue weighted by Gasteiger charge is 2.12. The molecule has 5 heteroatoms. The molecular formula is C20H25ClN2O2. The van der Waals surface area contributed by atoms with Gasteiger partial charge in [-0.05, 0) is 44.3 Å². The summed E-state index contributed by atoms with van der Waals surface area (Å²) in [7, 11) is 0. The Kier molecular flexibility index (Phi) is 8.83. The van der Waals surface area contributed by atoms with Crippen molar-refractivity contribution < 1.29 is 9.47 Å². The van der Waals surface area contributed by atoms with Crippen LogP contribution in [0.5, 0.6) is 17.2 Å². The number of nitriles is 1. The number of likely N-dealkylation sites (N-methyl/N-ethyl adjacent to an activating group) is 1. The van der Waals surface area contributed by atoms with Gasteiger partial charge in [0.2, 0.25) is 0 Å². The average Bonchev–Trinajstić information content (AvgIpc) is 2.61. The molecule has 0 aliphatic rings. The van der Waals surface area contributed by atoms with Crippen LogP contribution >= 0.6 is 12.4 Å². The van der Waals surface area contributed by atoms with Crippen molar-refractivity contribution in [3.05, 3.63) is 53.6 Å². The van der Waals surface area contributed by atoms with E-state index >= 15 is 0 Å². The van der Waals surface area contributed by atoms with Crippen LogP contribution in [0.3, 0.4) is 0 Å². The zero-order chi connectivity index (χ0) is 17.4. The normalized spacial score (nSPS) is 10.0. The molecule has 4 nitrogen and oxygen atoms in total. The molecule has 0 atom stereocenters. The van der Waals surface area contributed by atoms with Crippen molar-refractivity contribution in [2.45, 2.75) is 20.8 Å². The highest BCUT2D eigenvalue weighted by molar-refractivity contribution is 5.85. The first kappa shape index (κ1) is 20.8. The molecule has 0 heterocycles. The Morgan fingerprint density at radius 2 is 1.72 bits per heavy atom. The fourth-order valence-electron chi connectivity index (χ4n) is 2.38. The summed E-state index contributed by atoms with van der Waals surface area (Å²) in [5.74, 6) is 1.80. The second-order valence-electron chi connectivity index (χ2n) is 5.54. The highest BCUT2D eigenvalue weighted by atomic mass is 35.5. The predicted molar refractivity (Wildman–Crippen MR) is 103 cm³/mol. The third-order valence-corrected chi connectivity index (χ3v) is 3.90. The minimum atomic E-state index is 0. The summed E-state index contributed by atoms with van der Waals surface area (Å²) in [6.45, 7) is 9.57. The largest absolute Gasteiger partial charge is 0.487 e. The van der Waals surface area contributed by atoms with E-state index in [0.717, 1.165) is 25.4 Å². The van der Waals surface area contributed by atoms with E-state index in [4.69, 9.17) is 9.47 Å². The van der Waals surface area contributed by atoms with E-state index in [9.17, 15) is 5.26 Å². The predicted octanol–water partition coefficient (Wildman–Crippen LogP) is 4.80. The number of rotatable bonds is 8. The van der Waals surface area contributed by atoms with Gasteiger partial charge in [0.1, 0.15) is 18.4 Å². The second kappa shape index (κ2) is 10.6. The van der Waals surface area contributed by atoms with Crippen LogP contribution < -0.4 is 9.47 Å². The number of para-hydroxylation sites is 1. The van der Waals surface area contributed by atoms with Crippen molar-refractivity contribution in [3.8, 4) is 23.3 Å². The molecule has 0 amide bonds. The standard InChI is InChI=1S/C20H24N2O2.ClH/c1-4-22(5-2)13-14-23-20-17(15-21)7-6-8-19(20)24-18-11-9-16(3)10-12-18;/h6-12H,4-5,13-14H2,1-3H3;1H. The van der Waals surface area contributed by atoms with Crippen LogP contribution in [0.1, 0.15) is 25.0 Å². The molecule has 0 aliphatic heterocycles. The Labute approximate surface area is 156 Å². The lowest BCUT2D eigenvalue weighted by Gasteiger charge is -2.19. The third-order valence-electron chi connectivity index (χ3n) is 3.90. The third kappa shape index (κ3) is 5.97. The van der Waals surface area contributed by atoms with Crippen LogP contribution in [-0.4, -0.2) is 31.1 Å². The second-order valence-corrected chi connectivity index (χ2v) is 5.54. The van der Waals surface area contributed by atoms with Crippen LogP contribution in [0.15, 0.2) is 42.5 Å². The Hall–Kier alpha value is -2.22. The van der Waals surface area contributed by atoms with Gasteiger partial charge in [-0.25, -0.2) is 0 Å². The van der Waals surface area contributed by atoms with Crippen molar-refractivity contribution in [3.63, 3.8) is 0 Å². The first-order chi connectivity index (χ1) is 11.7. The molecule has 2 rings (SSSR count). The van der Waals surface area contributed by atoms with E-state index in [-0.39, 0.29) is 12.4 Å². The smallest absolute Gasteiger partial charge is 0.179 e. The van der Waals surface area contributed by atoms with Crippen LogP contribution in [-0.2, 0) is 0 Å². The molecule has 134 valence electrons. The maximum Gasteiger partial charge on any atom is 0.179 e. The van der Waals surface area contributed by atoms with Gasteiger partial charge in [0.05, 0.1) is 5.56 Å². The van der Waals surface area contributed by atoms with Gasteiger partial charge >= 0.3 is 0 Å². The van der Waals surface area contributed by atoms with E-state index < -0.39 is 0 Å². The molecule has 0 aromatic heterocycles. The first-order valence-corrected chi connectivity index (χ1v) is 8.30. The highest BCUT2D eigenvalue weighted by Crippen LogP contribution is 2.34. The number of benzene rings is 2. The first-order valence-electron chi connectivity index (χ1n) is 8.30. The zero-order valence-electron chi connectivity index (χ0n) is 15.0. The van der Waals surface area contributed by atoms with E-state index in [2.05, 4.69) is 24.8 Å². The molecule has 0 saturated carbocycles. The topological polar surface area (TPSA) is 45.5 Å². The molecule has 2 aromatic carbocycles. The number of aryl methyl sites for hydroxylation is 1. The van der Waals surface area contributed by atoms with Gasteiger partial charge in [-0.15, -0.1) is 12.4 Å². The maximum atomic E-state index is 9.35. The van der Waals surface area contributed by atoms with Gasteiger partial charge in [-0.3, -0.25) is 0 Å². The van der Waals surface area contributed by atoms with Gasteiger partial charge in [0.25, 0.3) is 0 Å². The number of ether oxygens (including phenoxy) is 2. The summed E-state index contributed by atoms with van der Waals surface area (Å²) >= 11 is 0. The summed E-state index contributed by atoms with van der Waals surface area (Å²) < 4.78 is 11.8. The Morgan fingerprint density at radius 1 is 1.04 bits per heavy atom. The summed E-state index contributed by atoms with van der Waals surface area (Å²) in [6, 6.07) is 15.4. The summed E-state index contributed by atoms with van der Waals surface area (Å²) in [6.07, 6.45) is 0. The van der Waals surface area contributed by atoms with Gasteiger partial charge in [-0.1, -0.05) is 37.6 Å². The van der Waals surface area contributed by atoms with Gasteiger partial charge < -0.3 is 14.4 Å². The zero-order valence-corrected chi connectivity index (χ0v) is 15.8. The molecule has 0 aliphatic carbocycles. The molecular weight excluding hydrogens is 336 g/mol. The molecule has 0 N–H and O–H groups in total. The molecule has 0 fully saturated rings. The van der Waals surface area contributed by atoms with Gasteiger partial charge in [0.15, 0.2) is 11.5 Å². The lowest BCUT2D eigenvalue weighted by atomic mass is 10.2. The maximum absolute atomic E-state index is 9.35. The quantitative estimate of drug-likeness (QED) is 0.678. The number of halogens is 1. The van der Waals surface area contributed by atoms with Crippen LogP contribution in [0.4, 0.5) is 0 Å². The molecule has 0 bridgehead atoms. The van der Waals surface area contributed by atoms with E-state index in [1.54, 1.807) is 12.1 Å². The van der Waals surface area contributed by atoms with Crippen molar-refractivity contribution in [2.75, 3.05) is 26.2 Å². The van der Waals surface area contributed by atoms with Crippen molar-refractivity contribution in [1.29, 1.82) is 5.26 Å². The van der Waals surface area contributed by atoms with Crippen LogP contribution in [0.25, 0.3) is 0 Å². The monoisotopic (exact) mass is 360 g/mol. The fourth-order valence-corrected chi connectivity index (χ4v) is 2.38. The molecule has 0 spiro atoms. The number of hydrogen-bond donors (Lipinski definition) is 0. The molecule has 0 unspecified atom stereocenters. The summed E-state index contributed by atoms with van der Waals surface area (Å²) in [5.41, 5.74) is 1.66. The Bertz CT molecular complexity index is 692. The molecule has 0 radical (unpaired) electrons. The molecule has 0 saturated heterocycles. The fraction of sp³-hybridized carbons (Fsp3) is 0.350. The average molecular weight is 361 g/mol. The summed E-state index contributed by atoms with van der Waals surface area (Å²) in [5, 5.41) is 9.35. The van der Waals surface area contributed by atoms with E-state index in [1.165, 1.54) is 5.56 Å². The van der Waals surface area contributed by atoms with Gasteiger partial charge in [0, 0.05) is 6.54 Å². The minimum Gasteiger partial charge on any atom is -0.487 e. The van der Waals surface area contributed by atoms with Crippen molar-refractivity contribution in [2.24, 2.45) is 0 Å². The van der Waals surface area contributed by atoms with Crippen LogP contribution in [0.2, 0.25) is 0 Å². The Morgan fingerprint density at radius 3 is 2.32 bits per heavy atom. The van der Waals surface area contributed by atoms with E-state index in [1.807, 2.05) is 37.3 Å². The van der Waals surface area contributed by atoms with Crippen molar-refractivity contribution >= 4 is 12.4 Å².